The second kappa shape index (κ2) is 8.59. The van der Waals surface area contributed by atoms with Crippen LogP contribution in [0.4, 0.5) is 5.69 Å². The number of piperazine rings is 1. The normalized spacial score (nSPS) is 18.0. The molecule has 1 aromatic heterocycles. The van der Waals surface area contributed by atoms with Crippen LogP contribution in [-0.2, 0) is 4.79 Å². The van der Waals surface area contributed by atoms with Gasteiger partial charge in [0.2, 0.25) is 5.91 Å². The van der Waals surface area contributed by atoms with Crippen LogP contribution in [0.3, 0.4) is 0 Å². The van der Waals surface area contributed by atoms with E-state index in [4.69, 9.17) is 9.15 Å². The minimum Gasteiger partial charge on any atom is -0.495 e. The Morgan fingerprint density at radius 2 is 1.66 bits per heavy atom. The molecule has 154 valence electrons. The Kier molecular flexibility index (Phi) is 5.74. The van der Waals surface area contributed by atoms with Crippen molar-refractivity contribution in [1.29, 1.82) is 0 Å². The molecule has 1 aromatic carbocycles. The Hall–Kier alpha value is -2.96. The molecular formula is C22H27N3O4. The highest BCUT2D eigenvalue weighted by Gasteiger charge is 2.32. The summed E-state index contributed by atoms with van der Waals surface area (Å²) in [6, 6.07) is 11.4. The van der Waals surface area contributed by atoms with E-state index in [1.54, 1.807) is 24.1 Å². The Morgan fingerprint density at radius 3 is 2.31 bits per heavy atom. The van der Waals surface area contributed by atoms with Crippen LogP contribution >= 0.6 is 0 Å². The lowest BCUT2D eigenvalue weighted by atomic mass is 9.94. The molecule has 0 N–H and O–H groups in total. The molecular weight excluding hydrogens is 370 g/mol. The molecule has 0 bridgehead atoms. The summed E-state index contributed by atoms with van der Waals surface area (Å²) in [6.07, 6.45) is 2.92. The maximum Gasteiger partial charge on any atom is 0.289 e. The molecule has 2 amide bonds. The smallest absolute Gasteiger partial charge is 0.289 e. The van der Waals surface area contributed by atoms with Crippen LogP contribution in [0.2, 0.25) is 0 Å². The summed E-state index contributed by atoms with van der Waals surface area (Å²) in [5.74, 6) is 1.35. The molecule has 7 nitrogen and oxygen atoms in total. The van der Waals surface area contributed by atoms with E-state index >= 15 is 0 Å². The zero-order chi connectivity index (χ0) is 20.2. The van der Waals surface area contributed by atoms with Gasteiger partial charge in [-0.1, -0.05) is 12.1 Å². The maximum absolute atomic E-state index is 13.0. The number of carbonyl (C=O) groups excluding carboxylic acids is 2. The molecule has 0 aliphatic carbocycles. The van der Waals surface area contributed by atoms with Gasteiger partial charge in [-0.3, -0.25) is 9.59 Å². The first kappa shape index (κ1) is 19.4. The van der Waals surface area contributed by atoms with Gasteiger partial charge >= 0.3 is 0 Å². The van der Waals surface area contributed by atoms with Gasteiger partial charge in [0.05, 0.1) is 19.1 Å². The number of amides is 2. The van der Waals surface area contributed by atoms with Crippen LogP contribution in [0.1, 0.15) is 23.4 Å². The summed E-state index contributed by atoms with van der Waals surface area (Å²) in [5, 5.41) is 0. The molecule has 2 saturated heterocycles. The fourth-order valence-corrected chi connectivity index (χ4v) is 4.20. The first-order valence-electron chi connectivity index (χ1n) is 10.2. The quantitative estimate of drug-likeness (QED) is 0.793. The van der Waals surface area contributed by atoms with Crippen LogP contribution < -0.4 is 9.64 Å². The summed E-state index contributed by atoms with van der Waals surface area (Å²) in [4.78, 5) is 31.4. The number of methoxy groups -OCH3 is 1. The van der Waals surface area contributed by atoms with E-state index in [0.29, 0.717) is 44.8 Å². The van der Waals surface area contributed by atoms with E-state index in [9.17, 15) is 9.59 Å². The summed E-state index contributed by atoms with van der Waals surface area (Å²) < 4.78 is 10.7. The summed E-state index contributed by atoms with van der Waals surface area (Å²) in [6.45, 7) is 4.20. The largest absolute Gasteiger partial charge is 0.495 e. The van der Waals surface area contributed by atoms with E-state index in [1.807, 2.05) is 23.1 Å². The fraction of sp³-hybridized carbons (Fsp3) is 0.455. The van der Waals surface area contributed by atoms with E-state index in [0.717, 1.165) is 24.5 Å². The molecule has 2 fully saturated rings. The first-order valence-corrected chi connectivity index (χ1v) is 10.2. The van der Waals surface area contributed by atoms with Crippen molar-refractivity contribution in [3.63, 3.8) is 0 Å². The molecule has 2 aliphatic rings. The molecule has 2 aliphatic heterocycles. The molecule has 0 radical (unpaired) electrons. The molecule has 29 heavy (non-hydrogen) atoms. The number of para-hydroxylation sites is 2. The predicted molar refractivity (Wildman–Crippen MR) is 109 cm³/mol. The number of hydrogen-bond acceptors (Lipinski definition) is 5. The predicted octanol–water partition coefficient (Wildman–Crippen LogP) is 2.49. The van der Waals surface area contributed by atoms with Crippen LogP contribution in [-0.4, -0.2) is 68.0 Å². The van der Waals surface area contributed by atoms with Gasteiger partial charge in [0.25, 0.3) is 5.91 Å². The average molecular weight is 397 g/mol. The SMILES string of the molecule is COc1ccccc1N1CCN(C(=O)C2CCN(C(=O)c3ccco3)CC2)CC1. The lowest BCUT2D eigenvalue weighted by molar-refractivity contribution is -0.137. The number of carbonyl (C=O) groups is 2. The Morgan fingerprint density at radius 1 is 0.931 bits per heavy atom. The molecule has 2 aromatic rings. The third kappa shape index (κ3) is 4.09. The number of rotatable bonds is 4. The van der Waals surface area contributed by atoms with Gasteiger partial charge < -0.3 is 23.9 Å². The number of furan rings is 1. The topological polar surface area (TPSA) is 66.2 Å². The van der Waals surface area contributed by atoms with Crippen LogP contribution in [0.25, 0.3) is 0 Å². The minimum atomic E-state index is -0.0914. The van der Waals surface area contributed by atoms with Crippen LogP contribution in [0.15, 0.2) is 47.1 Å². The third-order valence-electron chi connectivity index (χ3n) is 5.88. The van der Waals surface area contributed by atoms with E-state index < -0.39 is 0 Å². The molecule has 7 heteroatoms. The maximum atomic E-state index is 13.0. The number of piperidine rings is 1. The zero-order valence-corrected chi connectivity index (χ0v) is 16.8. The zero-order valence-electron chi connectivity index (χ0n) is 16.8. The average Bonchev–Trinajstić information content (AvgIpc) is 3.33. The molecule has 0 saturated carbocycles. The number of benzene rings is 1. The lowest BCUT2D eigenvalue weighted by Gasteiger charge is -2.39. The van der Waals surface area contributed by atoms with Crippen molar-refractivity contribution >= 4 is 17.5 Å². The van der Waals surface area contributed by atoms with Crippen molar-refractivity contribution in [2.24, 2.45) is 5.92 Å². The van der Waals surface area contributed by atoms with Gasteiger partial charge in [0, 0.05) is 45.2 Å². The van der Waals surface area contributed by atoms with Crippen LogP contribution in [0, 0.1) is 5.92 Å². The van der Waals surface area contributed by atoms with E-state index in [-0.39, 0.29) is 17.7 Å². The summed E-state index contributed by atoms with van der Waals surface area (Å²) in [5.41, 5.74) is 1.08. The van der Waals surface area contributed by atoms with Crippen molar-refractivity contribution in [2.45, 2.75) is 12.8 Å². The molecule has 0 unspecified atom stereocenters. The number of likely N-dealkylation sites (tertiary alicyclic amines) is 1. The van der Waals surface area contributed by atoms with Crippen LogP contribution in [0.5, 0.6) is 5.75 Å². The van der Waals surface area contributed by atoms with Gasteiger partial charge in [-0.05, 0) is 37.1 Å². The van der Waals surface area contributed by atoms with Crippen molar-refractivity contribution < 1.29 is 18.7 Å². The first-order chi connectivity index (χ1) is 14.2. The van der Waals surface area contributed by atoms with Crippen molar-refractivity contribution in [3.05, 3.63) is 48.4 Å². The monoisotopic (exact) mass is 397 g/mol. The summed E-state index contributed by atoms with van der Waals surface area (Å²) in [7, 11) is 1.68. The summed E-state index contributed by atoms with van der Waals surface area (Å²) >= 11 is 0. The fourth-order valence-electron chi connectivity index (χ4n) is 4.20. The molecule has 3 heterocycles. The van der Waals surface area contributed by atoms with Gasteiger partial charge in [-0.2, -0.15) is 0 Å². The highest BCUT2D eigenvalue weighted by atomic mass is 16.5. The third-order valence-corrected chi connectivity index (χ3v) is 5.88. The van der Waals surface area contributed by atoms with Gasteiger partial charge in [0.1, 0.15) is 5.75 Å². The lowest BCUT2D eigenvalue weighted by Crippen LogP contribution is -2.52. The number of anilines is 1. The molecule has 0 spiro atoms. The van der Waals surface area contributed by atoms with Crippen molar-refractivity contribution in [1.82, 2.24) is 9.80 Å². The second-order valence-electron chi connectivity index (χ2n) is 7.53. The Bertz CT molecular complexity index is 836. The van der Waals surface area contributed by atoms with E-state index in [1.165, 1.54) is 6.26 Å². The highest BCUT2D eigenvalue weighted by molar-refractivity contribution is 5.91. The van der Waals surface area contributed by atoms with Gasteiger partial charge in [0.15, 0.2) is 5.76 Å². The molecule has 0 atom stereocenters. The second-order valence-corrected chi connectivity index (χ2v) is 7.53. The molecule has 4 rings (SSSR count). The standard InChI is InChI=1S/C22H27N3O4/c1-28-19-6-3-2-5-18(19)23-12-14-25(15-13-23)21(26)17-8-10-24(11-9-17)22(27)20-7-4-16-29-20/h2-7,16-17H,8-15H2,1H3. The minimum absolute atomic E-state index is 0.00605. The van der Waals surface area contributed by atoms with E-state index in [2.05, 4.69) is 11.0 Å². The highest BCUT2D eigenvalue weighted by Crippen LogP contribution is 2.29. The van der Waals surface area contributed by atoms with Gasteiger partial charge in [-0.25, -0.2) is 0 Å². The number of nitrogens with zero attached hydrogens (tertiary/aromatic N) is 3. The van der Waals surface area contributed by atoms with Crippen molar-refractivity contribution in [3.8, 4) is 5.75 Å². The Labute approximate surface area is 170 Å². The van der Waals surface area contributed by atoms with Crippen molar-refractivity contribution in [2.75, 3.05) is 51.3 Å². The number of ether oxygens (including phenoxy) is 1. The Balaban J connectivity index is 1.29. The van der Waals surface area contributed by atoms with Gasteiger partial charge in [-0.15, -0.1) is 0 Å². The number of hydrogen-bond donors (Lipinski definition) is 0.